The van der Waals surface area contributed by atoms with Crippen LogP contribution in [-0.2, 0) is 9.53 Å². The Morgan fingerprint density at radius 3 is 2.58 bits per heavy atom. The zero-order chi connectivity index (χ0) is 14.3. The van der Waals surface area contributed by atoms with E-state index in [-0.39, 0.29) is 22.9 Å². The average molecular weight is 400 g/mol. The van der Waals surface area contributed by atoms with Gasteiger partial charge in [-0.25, -0.2) is 4.79 Å². The molecule has 0 radical (unpaired) electrons. The third kappa shape index (κ3) is 5.69. The highest BCUT2D eigenvalue weighted by atomic mass is 79.9. The van der Waals surface area contributed by atoms with E-state index in [0.29, 0.717) is 19.7 Å². The quantitative estimate of drug-likeness (QED) is 0.721. The Balaban J connectivity index is 2.30. The zero-order valence-electron chi connectivity index (χ0n) is 11.0. The van der Waals surface area contributed by atoms with Crippen LogP contribution in [0.1, 0.15) is 26.2 Å². The Morgan fingerprint density at radius 1 is 1.42 bits per heavy atom. The van der Waals surface area contributed by atoms with Gasteiger partial charge in [0.2, 0.25) is 5.91 Å². The van der Waals surface area contributed by atoms with Gasteiger partial charge in [0.15, 0.2) is 0 Å². The van der Waals surface area contributed by atoms with Crippen molar-refractivity contribution in [1.82, 2.24) is 10.2 Å². The third-order valence-electron chi connectivity index (χ3n) is 3.01. The van der Waals surface area contributed by atoms with E-state index < -0.39 is 0 Å². The number of carbonyl (C=O) groups is 2. The molecule has 0 bridgehead atoms. The predicted octanol–water partition coefficient (Wildman–Crippen LogP) is 2.27. The van der Waals surface area contributed by atoms with Crippen molar-refractivity contribution in [1.29, 1.82) is 0 Å². The molecule has 2 amide bonds. The van der Waals surface area contributed by atoms with Gasteiger partial charge in [-0.15, -0.1) is 0 Å². The number of carbonyl (C=O) groups excluding carboxylic acids is 2. The maximum atomic E-state index is 11.8. The van der Waals surface area contributed by atoms with Crippen molar-refractivity contribution in [3.05, 3.63) is 0 Å². The Labute approximate surface area is 130 Å². The smallest absolute Gasteiger partial charge is 0.409 e. The summed E-state index contributed by atoms with van der Waals surface area (Å²) in [4.78, 5) is 24.9. The molecule has 0 spiro atoms. The highest BCUT2D eigenvalue weighted by molar-refractivity contribution is 9.10. The average Bonchev–Trinajstić information content (AvgIpc) is 2.40. The number of alkyl halides is 2. The van der Waals surface area contributed by atoms with Gasteiger partial charge in [0.05, 0.1) is 11.4 Å². The van der Waals surface area contributed by atoms with Crippen molar-refractivity contribution in [2.45, 2.75) is 37.1 Å². The van der Waals surface area contributed by atoms with Gasteiger partial charge in [0.1, 0.15) is 0 Å². The first-order valence-electron chi connectivity index (χ1n) is 6.50. The lowest BCUT2D eigenvalue weighted by atomic mass is 10.1. The number of rotatable bonds is 5. The number of ether oxygens (including phenoxy) is 1. The van der Waals surface area contributed by atoms with Crippen LogP contribution in [0, 0.1) is 0 Å². The van der Waals surface area contributed by atoms with Gasteiger partial charge in [-0.2, -0.15) is 0 Å². The molecule has 0 aromatic heterocycles. The second-order valence-electron chi connectivity index (χ2n) is 4.41. The topological polar surface area (TPSA) is 58.6 Å². The fourth-order valence-electron chi connectivity index (χ4n) is 1.94. The van der Waals surface area contributed by atoms with Crippen molar-refractivity contribution in [3.8, 4) is 0 Å². The van der Waals surface area contributed by atoms with Crippen LogP contribution >= 0.6 is 31.9 Å². The van der Waals surface area contributed by atoms with Crippen LogP contribution in [0.3, 0.4) is 0 Å². The molecular formula is C12H20Br2N2O3. The molecule has 0 aromatic rings. The minimum atomic E-state index is -0.259. The van der Waals surface area contributed by atoms with Gasteiger partial charge < -0.3 is 15.0 Å². The van der Waals surface area contributed by atoms with E-state index in [1.165, 1.54) is 0 Å². The van der Waals surface area contributed by atoms with E-state index in [9.17, 15) is 9.59 Å². The van der Waals surface area contributed by atoms with Crippen LogP contribution in [0.5, 0.6) is 0 Å². The van der Waals surface area contributed by atoms with E-state index in [1.54, 1.807) is 11.8 Å². The highest BCUT2D eigenvalue weighted by Gasteiger charge is 2.25. The van der Waals surface area contributed by atoms with E-state index in [2.05, 4.69) is 37.2 Å². The van der Waals surface area contributed by atoms with Crippen LogP contribution in [-0.4, -0.2) is 52.8 Å². The molecule has 1 rings (SSSR count). The lowest BCUT2D eigenvalue weighted by Crippen LogP contribution is -2.48. The van der Waals surface area contributed by atoms with E-state index in [4.69, 9.17) is 4.74 Å². The lowest BCUT2D eigenvalue weighted by Gasteiger charge is -2.32. The minimum Gasteiger partial charge on any atom is -0.450 e. The molecule has 19 heavy (non-hydrogen) atoms. The summed E-state index contributed by atoms with van der Waals surface area (Å²) in [5.41, 5.74) is 0. The number of likely N-dealkylation sites (tertiary alicyclic amines) is 1. The molecule has 1 heterocycles. The summed E-state index contributed by atoms with van der Waals surface area (Å²) in [5.74, 6) is 0.0223. The van der Waals surface area contributed by atoms with Gasteiger partial charge in [0.25, 0.3) is 0 Å². The molecule has 1 atom stereocenters. The van der Waals surface area contributed by atoms with Gasteiger partial charge >= 0.3 is 6.09 Å². The predicted molar refractivity (Wildman–Crippen MR) is 80.9 cm³/mol. The van der Waals surface area contributed by atoms with E-state index >= 15 is 0 Å². The van der Waals surface area contributed by atoms with Gasteiger partial charge in [0, 0.05) is 24.5 Å². The second kappa shape index (κ2) is 8.79. The van der Waals surface area contributed by atoms with Crippen LogP contribution in [0.15, 0.2) is 0 Å². The van der Waals surface area contributed by atoms with Crippen LogP contribution in [0.25, 0.3) is 0 Å². The standard InChI is InChI=1S/C12H20Br2N2O3/c1-2-19-12(18)16-7-4-9(5-8-16)15-11(17)10(14)3-6-13/h9-10H,2-8H2,1H3,(H,15,17). The first-order chi connectivity index (χ1) is 9.08. The maximum Gasteiger partial charge on any atom is 0.409 e. The largest absolute Gasteiger partial charge is 0.450 e. The van der Waals surface area contributed by atoms with Gasteiger partial charge in [-0.05, 0) is 26.2 Å². The third-order valence-corrected chi connectivity index (χ3v) is 4.35. The molecule has 0 aromatic carbocycles. The monoisotopic (exact) mass is 398 g/mol. The summed E-state index contributed by atoms with van der Waals surface area (Å²) in [7, 11) is 0. The lowest BCUT2D eigenvalue weighted by molar-refractivity contribution is -0.121. The van der Waals surface area contributed by atoms with Crippen LogP contribution < -0.4 is 5.32 Å². The number of hydrogen-bond acceptors (Lipinski definition) is 3. The molecule has 7 heteroatoms. The SMILES string of the molecule is CCOC(=O)N1CCC(NC(=O)C(Br)CCBr)CC1. The van der Waals surface area contributed by atoms with E-state index in [0.717, 1.165) is 24.6 Å². The molecule has 1 aliphatic rings. The maximum absolute atomic E-state index is 11.8. The molecule has 1 aliphatic heterocycles. The summed E-state index contributed by atoms with van der Waals surface area (Å²) in [5, 5.41) is 3.80. The number of nitrogens with zero attached hydrogens (tertiary/aromatic N) is 1. The molecule has 1 N–H and O–H groups in total. The molecule has 1 saturated heterocycles. The molecule has 5 nitrogen and oxygen atoms in total. The van der Waals surface area contributed by atoms with Crippen molar-refractivity contribution < 1.29 is 14.3 Å². The van der Waals surface area contributed by atoms with Crippen LogP contribution in [0.4, 0.5) is 4.79 Å². The minimum absolute atomic E-state index is 0.0223. The highest BCUT2D eigenvalue weighted by Crippen LogP contribution is 2.13. The molecular weight excluding hydrogens is 380 g/mol. The number of piperidine rings is 1. The number of amides is 2. The summed E-state index contributed by atoms with van der Waals surface area (Å²) < 4.78 is 4.95. The molecule has 0 aliphatic carbocycles. The Morgan fingerprint density at radius 2 is 2.05 bits per heavy atom. The van der Waals surface area contributed by atoms with Gasteiger partial charge in [-0.1, -0.05) is 31.9 Å². The second-order valence-corrected chi connectivity index (χ2v) is 6.31. The number of nitrogens with one attached hydrogen (secondary N) is 1. The van der Waals surface area contributed by atoms with Crippen LogP contribution in [0.2, 0.25) is 0 Å². The van der Waals surface area contributed by atoms with Crippen molar-refractivity contribution in [3.63, 3.8) is 0 Å². The molecule has 1 fully saturated rings. The Kier molecular flexibility index (Phi) is 7.75. The fraction of sp³-hybridized carbons (Fsp3) is 0.833. The molecule has 110 valence electrons. The fourth-order valence-corrected chi connectivity index (χ4v) is 3.37. The van der Waals surface area contributed by atoms with E-state index in [1.807, 2.05) is 0 Å². The van der Waals surface area contributed by atoms with Crippen molar-refractivity contribution in [2.24, 2.45) is 0 Å². The number of hydrogen-bond donors (Lipinski definition) is 1. The Hall–Kier alpha value is -0.300. The van der Waals surface area contributed by atoms with Crippen molar-refractivity contribution in [2.75, 3.05) is 25.0 Å². The zero-order valence-corrected chi connectivity index (χ0v) is 14.2. The summed E-state index contributed by atoms with van der Waals surface area (Å²) in [6, 6.07) is 0.147. The first kappa shape index (κ1) is 16.8. The normalized spacial score (nSPS) is 17.9. The summed E-state index contributed by atoms with van der Waals surface area (Å²) in [6.45, 7) is 3.46. The van der Waals surface area contributed by atoms with Gasteiger partial charge in [-0.3, -0.25) is 4.79 Å². The first-order valence-corrected chi connectivity index (χ1v) is 8.54. The van der Waals surface area contributed by atoms with Crippen molar-refractivity contribution >= 4 is 43.9 Å². The summed E-state index contributed by atoms with van der Waals surface area (Å²) >= 11 is 6.67. The molecule has 1 unspecified atom stereocenters. The Bertz CT molecular complexity index is 307. The summed E-state index contributed by atoms with van der Waals surface area (Å²) in [6.07, 6.45) is 2.05. The number of halogens is 2. The molecule has 0 saturated carbocycles.